The average molecular weight is 370 g/mol. The van der Waals surface area contributed by atoms with E-state index in [1.165, 1.54) is 0 Å². The fourth-order valence-corrected chi connectivity index (χ4v) is 2.56. The van der Waals surface area contributed by atoms with Crippen LogP contribution in [0.3, 0.4) is 0 Å². The maximum absolute atomic E-state index is 12.4. The molecule has 1 unspecified atom stereocenters. The average Bonchev–Trinajstić information content (AvgIpc) is 3.13. The van der Waals surface area contributed by atoms with E-state index in [0.717, 1.165) is 0 Å². The number of aliphatic carboxylic acids is 1. The first kappa shape index (κ1) is 18.2. The van der Waals surface area contributed by atoms with Crippen molar-refractivity contribution in [3.05, 3.63) is 53.6 Å². The molecule has 140 valence electrons. The third-order valence-electron chi connectivity index (χ3n) is 4.11. The normalized spacial score (nSPS) is 12.9. The number of hydrogen-bond donors (Lipinski definition) is 3. The number of carboxylic acid groups (broad SMARTS) is 1. The van der Waals surface area contributed by atoms with Crippen molar-refractivity contribution in [2.45, 2.75) is 12.8 Å². The summed E-state index contributed by atoms with van der Waals surface area (Å²) in [5, 5.41) is 13.7. The Morgan fingerprint density at radius 1 is 1.07 bits per heavy atom. The highest BCUT2D eigenvalue weighted by Gasteiger charge is 2.18. The van der Waals surface area contributed by atoms with Crippen molar-refractivity contribution in [3.8, 4) is 11.5 Å². The molecule has 1 aliphatic heterocycles. The van der Waals surface area contributed by atoms with Crippen LogP contribution < -0.4 is 20.1 Å². The molecule has 1 atom stereocenters. The molecule has 0 aromatic heterocycles. The molecule has 0 radical (unpaired) electrons. The SMILES string of the molecule is CC(C(=O)NCC(=O)O)c1ccc(NC(=O)c2ccc3c(c2)OCO3)cc1. The minimum absolute atomic E-state index is 0.139. The zero-order valence-corrected chi connectivity index (χ0v) is 14.5. The number of benzene rings is 2. The summed E-state index contributed by atoms with van der Waals surface area (Å²) in [4.78, 5) is 34.8. The largest absolute Gasteiger partial charge is 0.480 e. The van der Waals surface area contributed by atoms with Gasteiger partial charge < -0.3 is 25.2 Å². The molecule has 0 saturated heterocycles. The van der Waals surface area contributed by atoms with Gasteiger partial charge in [-0.3, -0.25) is 14.4 Å². The summed E-state index contributed by atoms with van der Waals surface area (Å²) in [6.45, 7) is 1.39. The van der Waals surface area contributed by atoms with E-state index < -0.39 is 18.4 Å². The summed E-state index contributed by atoms with van der Waals surface area (Å²) in [5.41, 5.74) is 1.71. The van der Waals surface area contributed by atoms with E-state index in [-0.39, 0.29) is 18.6 Å². The lowest BCUT2D eigenvalue weighted by Gasteiger charge is -2.12. The lowest BCUT2D eigenvalue weighted by atomic mass is 10.00. The quantitative estimate of drug-likeness (QED) is 0.716. The van der Waals surface area contributed by atoms with Crippen LogP contribution in [0.5, 0.6) is 11.5 Å². The van der Waals surface area contributed by atoms with E-state index in [1.54, 1.807) is 49.4 Å². The maximum Gasteiger partial charge on any atom is 0.322 e. The molecule has 0 spiro atoms. The van der Waals surface area contributed by atoms with Crippen LogP contribution in [-0.4, -0.2) is 36.2 Å². The molecule has 27 heavy (non-hydrogen) atoms. The van der Waals surface area contributed by atoms with Gasteiger partial charge in [0.2, 0.25) is 12.7 Å². The van der Waals surface area contributed by atoms with Crippen LogP contribution >= 0.6 is 0 Å². The van der Waals surface area contributed by atoms with Gasteiger partial charge in [-0.15, -0.1) is 0 Å². The molecule has 2 aromatic carbocycles. The van der Waals surface area contributed by atoms with Crippen molar-refractivity contribution < 1.29 is 29.0 Å². The van der Waals surface area contributed by atoms with Crippen LogP contribution in [0.15, 0.2) is 42.5 Å². The third kappa shape index (κ3) is 4.35. The molecule has 0 fully saturated rings. The van der Waals surface area contributed by atoms with Crippen LogP contribution in [0.2, 0.25) is 0 Å². The van der Waals surface area contributed by atoms with Crippen molar-refractivity contribution in [3.63, 3.8) is 0 Å². The molecule has 0 bridgehead atoms. The molecule has 0 saturated carbocycles. The van der Waals surface area contributed by atoms with Crippen LogP contribution in [0.4, 0.5) is 5.69 Å². The van der Waals surface area contributed by atoms with Gasteiger partial charge in [-0.05, 0) is 42.8 Å². The minimum atomic E-state index is -1.10. The number of ether oxygens (including phenoxy) is 2. The Hall–Kier alpha value is -3.55. The van der Waals surface area contributed by atoms with Gasteiger partial charge in [0.15, 0.2) is 11.5 Å². The molecule has 2 amide bonds. The summed E-state index contributed by atoms with van der Waals surface area (Å²) in [6.07, 6.45) is 0. The Morgan fingerprint density at radius 2 is 1.78 bits per heavy atom. The van der Waals surface area contributed by atoms with Crippen LogP contribution in [0.1, 0.15) is 28.8 Å². The third-order valence-corrected chi connectivity index (χ3v) is 4.11. The Morgan fingerprint density at radius 3 is 2.48 bits per heavy atom. The number of carbonyl (C=O) groups excluding carboxylic acids is 2. The first-order chi connectivity index (χ1) is 12.9. The smallest absolute Gasteiger partial charge is 0.322 e. The predicted octanol–water partition coefficient (Wildman–Crippen LogP) is 1.97. The Labute approximate surface area is 155 Å². The van der Waals surface area contributed by atoms with Gasteiger partial charge in [-0.25, -0.2) is 0 Å². The standard InChI is InChI=1S/C19H18N2O6/c1-11(18(24)20-9-17(22)23)12-2-5-14(6-3-12)21-19(25)13-4-7-15-16(8-13)27-10-26-15/h2-8,11H,9-10H2,1H3,(H,20,24)(H,21,25)(H,22,23). The van der Waals surface area contributed by atoms with E-state index in [4.69, 9.17) is 14.6 Å². The maximum atomic E-state index is 12.4. The van der Waals surface area contributed by atoms with E-state index >= 15 is 0 Å². The number of hydrogen-bond acceptors (Lipinski definition) is 5. The Balaban J connectivity index is 1.62. The second kappa shape index (κ2) is 7.77. The summed E-state index contributed by atoms with van der Waals surface area (Å²) in [5.74, 6) is -1.16. The Bertz CT molecular complexity index is 878. The molecular formula is C19H18N2O6. The van der Waals surface area contributed by atoms with E-state index in [9.17, 15) is 14.4 Å². The van der Waals surface area contributed by atoms with Gasteiger partial charge in [-0.2, -0.15) is 0 Å². The van der Waals surface area contributed by atoms with Crippen LogP contribution in [-0.2, 0) is 9.59 Å². The van der Waals surface area contributed by atoms with Gasteiger partial charge in [0, 0.05) is 11.3 Å². The summed E-state index contributed by atoms with van der Waals surface area (Å²) < 4.78 is 10.5. The molecule has 0 aliphatic carbocycles. The highest BCUT2D eigenvalue weighted by Crippen LogP contribution is 2.32. The fourth-order valence-electron chi connectivity index (χ4n) is 2.56. The molecule has 3 rings (SSSR count). The van der Waals surface area contributed by atoms with Crippen molar-refractivity contribution in [1.82, 2.24) is 5.32 Å². The molecule has 1 heterocycles. The van der Waals surface area contributed by atoms with Crippen LogP contribution in [0.25, 0.3) is 0 Å². The predicted molar refractivity (Wildman–Crippen MR) is 96.0 cm³/mol. The highest BCUT2D eigenvalue weighted by atomic mass is 16.7. The summed E-state index contributed by atoms with van der Waals surface area (Å²) in [6, 6.07) is 11.7. The van der Waals surface area contributed by atoms with Gasteiger partial charge in [0.25, 0.3) is 5.91 Å². The van der Waals surface area contributed by atoms with Gasteiger partial charge >= 0.3 is 5.97 Å². The molecule has 3 N–H and O–H groups in total. The topological polar surface area (TPSA) is 114 Å². The van der Waals surface area contributed by atoms with Crippen molar-refractivity contribution in [1.29, 1.82) is 0 Å². The van der Waals surface area contributed by atoms with E-state index in [2.05, 4.69) is 10.6 Å². The van der Waals surface area contributed by atoms with E-state index in [1.807, 2.05) is 0 Å². The summed E-state index contributed by atoms with van der Waals surface area (Å²) in [7, 11) is 0. The monoisotopic (exact) mass is 370 g/mol. The fraction of sp³-hybridized carbons (Fsp3) is 0.211. The minimum Gasteiger partial charge on any atom is -0.480 e. The Kier molecular flexibility index (Phi) is 5.25. The number of rotatable bonds is 6. The lowest BCUT2D eigenvalue weighted by Crippen LogP contribution is -2.32. The first-order valence-electron chi connectivity index (χ1n) is 8.24. The first-order valence-corrected chi connectivity index (χ1v) is 8.24. The zero-order chi connectivity index (χ0) is 19.4. The van der Waals surface area contributed by atoms with Crippen molar-refractivity contribution in [2.24, 2.45) is 0 Å². The number of nitrogens with one attached hydrogen (secondary N) is 2. The highest BCUT2D eigenvalue weighted by molar-refractivity contribution is 6.04. The zero-order valence-electron chi connectivity index (χ0n) is 14.5. The molecule has 8 heteroatoms. The van der Waals surface area contributed by atoms with Gasteiger partial charge in [-0.1, -0.05) is 12.1 Å². The lowest BCUT2D eigenvalue weighted by molar-refractivity contribution is -0.138. The van der Waals surface area contributed by atoms with Gasteiger partial charge in [0.05, 0.1) is 5.92 Å². The second-order valence-electron chi connectivity index (χ2n) is 5.98. The van der Waals surface area contributed by atoms with Crippen molar-refractivity contribution in [2.75, 3.05) is 18.7 Å². The number of anilines is 1. The summed E-state index contributed by atoms with van der Waals surface area (Å²) >= 11 is 0. The van der Waals surface area contributed by atoms with E-state index in [0.29, 0.717) is 28.3 Å². The number of fused-ring (bicyclic) bond motifs is 1. The van der Waals surface area contributed by atoms with Gasteiger partial charge in [0.1, 0.15) is 6.54 Å². The van der Waals surface area contributed by atoms with Crippen LogP contribution in [0, 0.1) is 0 Å². The number of amides is 2. The van der Waals surface area contributed by atoms with Crippen molar-refractivity contribution >= 4 is 23.5 Å². The molecule has 2 aromatic rings. The molecular weight excluding hydrogens is 352 g/mol. The molecule has 8 nitrogen and oxygen atoms in total. The number of carbonyl (C=O) groups is 3. The molecule has 1 aliphatic rings. The number of carboxylic acids is 1. The second-order valence-corrected chi connectivity index (χ2v) is 5.98.